The second-order valence-electron chi connectivity index (χ2n) is 4.46. The summed E-state index contributed by atoms with van der Waals surface area (Å²) in [4.78, 5) is 2.31. The first-order valence-electron chi connectivity index (χ1n) is 6.62. The summed E-state index contributed by atoms with van der Waals surface area (Å²) in [7, 11) is 1.59. The minimum atomic E-state index is 0.601. The summed E-state index contributed by atoms with van der Waals surface area (Å²) in [6.45, 7) is 4.95. The fourth-order valence-corrected chi connectivity index (χ4v) is 2.06. The van der Waals surface area contributed by atoms with Crippen molar-refractivity contribution in [2.45, 2.75) is 0 Å². The zero-order chi connectivity index (χ0) is 14.2. The molecule has 0 atom stereocenters. The molecule has 1 aromatic carbocycles. The SMILES string of the molecule is COc1cc(/C=N/O)ccc1OCCN1CCOCC1. The standard InChI is InChI=1S/C14H20N2O4/c1-18-14-10-12(11-15-17)2-3-13(14)20-9-6-16-4-7-19-8-5-16/h2-3,10-11,17H,4-9H2,1H3/b15-11+. The van der Waals surface area contributed by atoms with Crippen molar-refractivity contribution < 1.29 is 19.4 Å². The second-order valence-corrected chi connectivity index (χ2v) is 4.46. The van der Waals surface area contributed by atoms with E-state index in [1.807, 2.05) is 12.1 Å². The third-order valence-corrected chi connectivity index (χ3v) is 3.16. The van der Waals surface area contributed by atoms with Crippen molar-refractivity contribution in [3.63, 3.8) is 0 Å². The van der Waals surface area contributed by atoms with Crippen molar-refractivity contribution in [2.75, 3.05) is 46.6 Å². The molecule has 1 aliphatic rings. The molecule has 1 N–H and O–H groups in total. The smallest absolute Gasteiger partial charge is 0.161 e. The van der Waals surface area contributed by atoms with Gasteiger partial charge in [-0.05, 0) is 18.2 Å². The molecule has 0 spiro atoms. The van der Waals surface area contributed by atoms with E-state index in [4.69, 9.17) is 19.4 Å². The molecule has 0 aromatic heterocycles. The molecule has 1 fully saturated rings. The lowest BCUT2D eigenvalue weighted by atomic mass is 10.2. The predicted octanol–water partition coefficient (Wildman–Crippen LogP) is 1.21. The third kappa shape index (κ3) is 4.11. The highest BCUT2D eigenvalue weighted by atomic mass is 16.5. The molecular weight excluding hydrogens is 260 g/mol. The Hall–Kier alpha value is -1.79. The molecule has 1 heterocycles. The number of methoxy groups -OCH3 is 1. The maximum atomic E-state index is 8.52. The average Bonchev–Trinajstić information content (AvgIpc) is 2.50. The van der Waals surface area contributed by atoms with Gasteiger partial charge in [-0.1, -0.05) is 5.16 Å². The van der Waals surface area contributed by atoms with Crippen LogP contribution in [0.3, 0.4) is 0 Å². The number of morpholine rings is 1. The van der Waals surface area contributed by atoms with Crippen LogP contribution in [-0.2, 0) is 4.74 Å². The lowest BCUT2D eigenvalue weighted by molar-refractivity contribution is 0.0321. The molecule has 20 heavy (non-hydrogen) atoms. The van der Waals surface area contributed by atoms with Crippen LogP contribution in [0.25, 0.3) is 0 Å². The normalized spacial score (nSPS) is 16.4. The molecule has 0 saturated carbocycles. The number of oxime groups is 1. The first kappa shape index (κ1) is 14.6. The van der Waals surface area contributed by atoms with Gasteiger partial charge in [0, 0.05) is 25.2 Å². The van der Waals surface area contributed by atoms with Crippen LogP contribution >= 0.6 is 0 Å². The highest BCUT2D eigenvalue weighted by molar-refractivity contribution is 5.80. The van der Waals surface area contributed by atoms with Crippen LogP contribution in [0, 0.1) is 0 Å². The lowest BCUT2D eigenvalue weighted by Crippen LogP contribution is -2.38. The van der Waals surface area contributed by atoms with Crippen LogP contribution in [0.4, 0.5) is 0 Å². The quantitative estimate of drug-likeness (QED) is 0.482. The molecule has 0 unspecified atom stereocenters. The van der Waals surface area contributed by atoms with Gasteiger partial charge in [0.1, 0.15) is 6.61 Å². The van der Waals surface area contributed by atoms with Crippen LogP contribution in [0.2, 0.25) is 0 Å². The molecule has 6 nitrogen and oxygen atoms in total. The minimum Gasteiger partial charge on any atom is -0.493 e. The molecule has 1 aromatic rings. The summed E-state index contributed by atoms with van der Waals surface area (Å²) in [6.07, 6.45) is 1.35. The largest absolute Gasteiger partial charge is 0.493 e. The summed E-state index contributed by atoms with van der Waals surface area (Å²) in [6, 6.07) is 5.39. The van der Waals surface area contributed by atoms with Gasteiger partial charge >= 0.3 is 0 Å². The molecule has 2 rings (SSSR count). The number of benzene rings is 1. The van der Waals surface area contributed by atoms with Crippen LogP contribution in [0.15, 0.2) is 23.4 Å². The van der Waals surface area contributed by atoms with Crippen LogP contribution in [0.5, 0.6) is 11.5 Å². The Morgan fingerprint density at radius 2 is 2.15 bits per heavy atom. The van der Waals surface area contributed by atoms with Crippen molar-refractivity contribution in [3.8, 4) is 11.5 Å². The summed E-state index contributed by atoms with van der Waals surface area (Å²) < 4.78 is 16.3. The van der Waals surface area contributed by atoms with Gasteiger partial charge in [0.2, 0.25) is 0 Å². The van der Waals surface area contributed by atoms with Crippen molar-refractivity contribution in [3.05, 3.63) is 23.8 Å². The fourth-order valence-electron chi connectivity index (χ4n) is 2.06. The van der Waals surface area contributed by atoms with E-state index in [-0.39, 0.29) is 0 Å². The third-order valence-electron chi connectivity index (χ3n) is 3.16. The molecule has 110 valence electrons. The van der Waals surface area contributed by atoms with E-state index < -0.39 is 0 Å². The van der Waals surface area contributed by atoms with Gasteiger partial charge in [-0.25, -0.2) is 0 Å². The Kier molecular flexibility index (Phi) is 5.64. The molecule has 1 aliphatic heterocycles. The Morgan fingerprint density at radius 1 is 1.35 bits per heavy atom. The number of nitrogens with zero attached hydrogens (tertiary/aromatic N) is 2. The van der Waals surface area contributed by atoms with E-state index in [0.29, 0.717) is 18.1 Å². The van der Waals surface area contributed by atoms with E-state index in [2.05, 4.69) is 10.1 Å². The molecular formula is C14H20N2O4. The van der Waals surface area contributed by atoms with Gasteiger partial charge in [-0.3, -0.25) is 4.90 Å². The average molecular weight is 280 g/mol. The number of ether oxygens (including phenoxy) is 3. The Balaban J connectivity index is 1.88. The zero-order valence-corrected chi connectivity index (χ0v) is 11.6. The highest BCUT2D eigenvalue weighted by Crippen LogP contribution is 2.27. The Morgan fingerprint density at radius 3 is 2.85 bits per heavy atom. The maximum Gasteiger partial charge on any atom is 0.161 e. The first-order valence-corrected chi connectivity index (χ1v) is 6.62. The van der Waals surface area contributed by atoms with E-state index in [1.165, 1.54) is 6.21 Å². The summed E-state index contributed by atoms with van der Waals surface area (Å²) in [5.41, 5.74) is 0.755. The number of hydrogen-bond acceptors (Lipinski definition) is 6. The minimum absolute atomic E-state index is 0.601. The van der Waals surface area contributed by atoms with Crippen molar-refractivity contribution in [1.29, 1.82) is 0 Å². The van der Waals surface area contributed by atoms with E-state index in [9.17, 15) is 0 Å². The highest BCUT2D eigenvalue weighted by Gasteiger charge is 2.11. The maximum absolute atomic E-state index is 8.52. The van der Waals surface area contributed by atoms with Gasteiger partial charge in [0.15, 0.2) is 11.5 Å². The monoisotopic (exact) mass is 280 g/mol. The van der Waals surface area contributed by atoms with Crippen LogP contribution < -0.4 is 9.47 Å². The fraction of sp³-hybridized carbons (Fsp3) is 0.500. The topological polar surface area (TPSA) is 63.5 Å². The molecule has 1 saturated heterocycles. The summed E-state index contributed by atoms with van der Waals surface area (Å²) >= 11 is 0. The van der Waals surface area contributed by atoms with E-state index in [1.54, 1.807) is 13.2 Å². The van der Waals surface area contributed by atoms with Gasteiger partial charge in [-0.15, -0.1) is 0 Å². The molecule has 0 aliphatic carbocycles. The van der Waals surface area contributed by atoms with Crippen molar-refractivity contribution >= 4 is 6.21 Å². The zero-order valence-electron chi connectivity index (χ0n) is 11.6. The predicted molar refractivity (Wildman–Crippen MR) is 75.1 cm³/mol. The number of rotatable bonds is 6. The van der Waals surface area contributed by atoms with Crippen LogP contribution in [0.1, 0.15) is 5.56 Å². The van der Waals surface area contributed by atoms with Gasteiger partial charge < -0.3 is 19.4 Å². The Bertz CT molecular complexity index is 445. The van der Waals surface area contributed by atoms with Crippen molar-refractivity contribution in [2.24, 2.45) is 5.16 Å². The summed E-state index contributed by atoms with van der Waals surface area (Å²) in [5, 5.41) is 11.5. The summed E-state index contributed by atoms with van der Waals surface area (Å²) in [5.74, 6) is 1.32. The number of hydrogen-bond donors (Lipinski definition) is 1. The van der Waals surface area contributed by atoms with Gasteiger partial charge in [0.25, 0.3) is 0 Å². The first-order chi connectivity index (χ1) is 9.83. The lowest BCUT2D eigenvalue weighted by Gasteiger charge is -2.26. The van der Waals surface area contributed by atoms with E-state index in [0.717, 1.165) is 38.4 Å². The van der Waals surface area contributed by atoms with Gasteiger partial charge in [0.05, 0.1) is 26.5 Å². The molecule has 6 heteroatoms. The van der Waals surface area contributed by atoms with Gasteiger partial charge in [-0.2, -0.15) is 0 Å². The Labute approximate surface area is 118 Å². The second kappa shape index (κ2) is 7.72. The molecule has 0 bridgehead atoms. The van der Waals surface area contributed by atoms with E-state index >= 15 is 0 Å². The molecule has 0 radical (unpaired) electrons. The molecule has 0 amide bonds. The van der Waals surface area contributed by atoms with Crippen molar-refractivity contribution in [1.82, 2.24) is 4.90 Å². The van der Waals surface area contributed by atoms with Crippen LogP contribution in [-0.4, -0.2) is 62.9 Å².